The molecular weight excluding hydrogens is 202 g/mol. The van der Waals surface area contributed by atoms with Gasteiger partial charge in [0, 0.05) is 12.0 Å². The maximum absolute atomic E-state index is 11.6. The van der Waals surface area contributed by atoms with Gasteiger partial charge in [0.1, 0.15) is 0 Å². The average molecular weight is 229 g/mol. The first-order valence-electron chi connectivity index (χ1n) is 6.01. The Labute approximate surface area is 99.6 Å². The minimum atomic E-state index is -0.406. The lowest BCUT2D eigenvalue weighted by molar-refractivity contribution is -0.123. The topological polar surface area (TPSA) is 49.3 Å². The van der Waals surface area contributed by atoms with Crippen LogP contribution in [0.3, 0.4) is 0 Å². The predicted octanol–water partition coefficient (Wildman–Crippen LogP) is 2.48. The summed E-state index contributed by atoms with van der Waals surface area (Å²) in [5, 5.41) is 12.1. The molecule has 0 saturated carbocycles. The molecular formula is C13H27NO2. The van der Waals surface area contributed by atoms with Crippen LogP contribution in [0.2, 0.25) is 0 Å². The van der Waals surface area contributed by atoms with Crippen molar-refractivity contribution in [1.82, 2.24) is 5.32 Å². The molecule has 1 unspecified atom stereocenters. The molecule has 0 aliphatic rings. The van der Waals surface area contributed by atoms with Gasteiger partial charge in [-0.2, -0.15) is 0 Å². The van der Waals surface area contributed by atoms with Crippen LogP contribution in [-0.4, -0.2) is 22.7 Å². The van der Waals surface area contributed by atoms with Crippen molar-refractivity contribution in [3.05, 3.63) is 0 Å². The van der Waals surface area contributed by atoms with Gasteiger partial charge >= 0.3 is 0 Å². The third-order valence-corrected chi connectivity index (χ3v) is 2.24. The van der Waals surface area contributed by atoms with Crippen molar-refractivity contribution < 1.29 is 9.90 Å². The van der Waals surface area contributed by atoms with E-state index >= 15 is 0 Å². The van der Waals surface area contributed by atoms with Crippen molar-refractivity contribution in [2.75, 3.05) is 0 Å². The highest BCUT2D eigenvalue weighted by Gasteiger charge is 2.26. The Morgan fingerprint density at radius 1 is 1.25 bits per heavy atom. The van der Waals surface area contributed by atoms with Crippen molar-refractivity contribution in [2.45, 2.75) is 72.4 Å². The first kappa shape index (κ1) is 15.4. The SMILES string of the molecule is CC(O)CCC(=O)NC(C)(C)CC(C)(C)C. The summed E-state index contributed by atoms with van der Waals surface area (Å²) in [6, 6.07) is 0. The molecule has 0 heterocycles. The van der Waals surface area contributed by atoms with Gasteiger partial charge in [-0.05, 0) is 39.0 Å². The van der Waals surface area contributed by atoms with Crippen molar-refractivity contribution in [2.24, 2.45) is 5.41 Å². The number of nitrogens with one attached hydrogen (secondary N) is 1. The maximum atomic E-state index is 11.6. The summed E-state index contributed by atoms with van der Waals surface area (Å²) >= 11 is 0. The van der Waals surface area contributed by atoms with Crippen LogP contribution in [0.25, 0.3) is 0 Å². The summed E-state index contributed by atoms with van der Waals surface area (Å²) in [4.78, 5) is 11.6. The zero-order valence-corrected chi connectivity index (χ0v) is 11.6. The summed E-state index contributed by atoms with van der Waals surface area (Å²) in [6.07, 6.45) is 1.44. The fourth-order valence-corrected chi connectivity index (χ4v) is 2.15. The van der Waals surface area contributed by atoms with Gasteiger partial charge in [-0.1, -0.05) is 20.8 Å². The molecule has 3 heteroatoms. The molecule has 0 aliphatic heterocycles. The van der Waals surface area contributed by atoms with Crippen LogP contribution in [0.4, 0.5) is 0 Å². The molecule has 1 amide bonds. The third kappa shape index (κ3) is 8.72. The van der Waals surface area contributed by atoms with Crippen LogP contribution in [0, 0.1) is 5.41 Å². The molecule has 0 bridgehead atoms. The predicted molar refractivity (Wildman–Crippen MR) is 67.2 cm³/mol. The largest absolute Gasteiger partial charge is 0.393 e. The van der Waals surface area contributed by atoms with Gasteiger partial charge in [-0.15, -0.1) is 0 Å². The van der Waals surface area contributed by atoms with E-state index in [2.05, 4.69) is 26.1 Å². The minimum Gasteiger partial charge on any atom is -0.393 e. The number of aliphatic hydroxyl groups is 1. The van der Waals surface area contributed by atoms with Gasteiger partial charge in [-0.25, -0.2) is 0 Å². The average Bonchev–Trinajstić information content (AvgIpc) is 1.94. The lowest BCUT2D eigenvalue weighted by Gasteiger charge is -2.33. The van der Waals surface area contributed by atoms with Gasteiger partial charge < -0.3 is 10.4 Å². The van der Waals surface area contributed by atoms with Crippen molar-refractivity contribution in [3.8, 4) is 0 Å². The number of carbonyl (C=O) groups is 1. The Kier molecular flexibility index (Phi) is 5.47. The van der Waals surface area contributed by atoms with E-state index in [9.17, 15) is 4.79 Å². The zero-order chi connectivity index (χ0) is 13.0. The molecule has 1 atom stereocenters. The van der Waals surface area contributed by atoms with Gasteiger partial charge in [0.25, 0.3) is 0 Å². The number of hydrogen-bond donors (Lipinski definition) is 2. The first-order valence-corrected chi connectivity index (χ1v) is 6.01. The first-order chi connectivity index (χ1) is 7.02. The Hall–Kier alpha value is -0.570. The molecule has 0 rings (SSSR count). The van der Waals surface area contributed by atoms with E-state index in [1.165, 1.54) is 0 Å². The van der Waals surface area contributed by atoms with Crippen molar-refractivity contribution in [1.29, 1.82) is 0 Å². The standard InChI is InChI=1S/C13H27NO2/c1-10(15)7-8-11(16)14-13(5,6)9-12(2,3)4/h10,15H,7-9H2,1-6H3,(H,14,16). The molecule has 0 radical (unpaired) electrons. The second-order valence-corrected chi connectivity index (χ2v) is 6.56. The van der Waals surface area contributed by atoms with Crippen LogP contribution >= 0.6 is 0 Å². The highest BCUT2D eigenvalue weighted by molar-refractivity contribution is 5.76. The summed E-state index contributed by atoms with van der Waals surface area (Å²) in [7, 11) is 0. The van der Waals surface area contributed by atoms with Crippen LogP contribution < -0.4 is 5.32 Å². The molecule has 96 valence electrons. The van der Waals surface area contributed by atoms with Gasteiger partial charge in [0.15, 0.2) is 0 Å². The number of aliphatic hydroxyl groups excluding tert-OH is 1. The minimum absolute atomic E-state index is 0.0233. The summed E-state index contributed by atoms with van der Waals surface area (Å²) in [5.41, 5.74) is 0.00901. The monoisotopic (exact) mass is 229 g/mol. The fraction of sp³-hybridized carbons (Fsp3) is 0.923. The normalized spacial score (nSPS) is 14.7. The van der Waals surface area contributed by atoms with Crippen LogP contribution in [-0.2, 0) is 4.79 Å². The Balaban J connectivity index is 4.10. The van der Waals surface area contributed by atoms with Gasteiger partial charge in [0.05, 0.1) is 6.10 Å². The van der Waals surface area contributed by atoms with E-state index in [0.29, 0.717) is 12.8 Å². The number of amides is 1. The molecule has 3 nitrogen and oxygen atoms in total. The Morgan fingerprint density at radius 3 is 2.12 bits per heavy atom. The molecule has 0 aromatic rings. The van der Waals surface area contributed by atoms with E-state index in [-0.39, 0.29) is 16.9 Å². The van der Waals surface area contributed by atoms with Crippen molar-refractivity contribution >= 4 is 5.91 Å². The van der Waals surface area contributed by atoms with E-state index in [4.69, 9.17) is 5.11 Å². The quantitative estimate of drug-likeness (QED) is 0.761. The molecule has 2 N–H and O–H groups in total. The van der Waals surface area contributed by atoms with Crippen molar-refractivity contribution in [3.63, 3.8) is 0 Å². The number of hydrogen-bond acceptors (Lipinski definition) is 2. The molecule has 0 aromatic carbocycles. The van der Waals surface area contributed by atoms with E-state index in [1.54, 1.807) is 6.92 Å². The second kappa shape index (κ2) is 5.67. The fourth-order valence-electron chi connectivity index (χ4n) is 2.15. The van der Waals surface area contributed by atoms with Gasteiger partial charge in [0.2, 0.25) is 5.91 Å². The van der Waals surface area contributed by atoms with Crippen LogP contribution in [0.1, 0.15) is 60.8 Å². The molecule has 0 spiro atoms. The van der Waals surface area contributed by atoms with E-state index in [0.717, 1.165) is 6.42 Å². The summed E-state index contributed by atoms with van der Waals surface area (Å²) in [6.45, 7) is 12.3. The number of rotatable bonds is 5. The lowest BCUT2D eigenvalue weighted by Crippen LogP contribution is -2.45. The second-order valence-electron chi connectivity index (χ2n) is 6.56. The Morgan fingerprint density at radius 2 is 1.75 bits per heavy atom. The third-order valence-electron chi connectivity index (χ3n) is 2.24. The molecule has 0 aromatic heterocycles. The molecule has 0 fully saturated rings. The number of carbonyl (C=O) groups excluding carboxylic acids is 1. The highest BCUT2D eigenvalue weighted by atomic mass is 16.3. The summed E-state index contributed by atoms with van der Waals surface area (Å²) < 4.78 is 0. The smallest absolute Gasteiger partial charge is 0.220 e. The molecule has 16 heavy (non-hydrogen) atoms. The molecule has 0 saturated heterocycles. The van der Waals surface area contributed by atoms with E-state index in [1.807, 2.05) is 13.8 Å². The highest BCUT2D eigenvalue weighted by Crippen LogP contribution is 2.26. The van der Waals surface area contributed by atoms with E-state index < -0.39 is 6.10 Å². The van der Waals surface area contributed by atoms with Gasteiger partial charge in [-0.3, -0.25) is 4.79 Å². The lowest BCUT2D eigenvalue weighted by atomic mass is 9.81. The molecule has 0 aliphatic carbocycles. The van der Waals surface area contributed by atoms with Crippen LogP contribution in [0.15, 0.2) is 0 Å². The van der Waals surface area contributed by atoms with Crippen LogP contribution in [0.5, 0.6) is 0 Å². The Bertz CT molecular complexity index is 227. The zero-order valence-electron chi connectivity index (χ0n) is 11.6. The maximum Gasteiger partial charge on any atom is 0.220 e. The summed E-state index contributed by atoms with van der Waals surface area (Å²) in [5.74, 6) is 0.0233.